The Labute approximate surface area is 398 Å². The SMILES string of the molecule is COc1cc(N2CCC(N3CCN(C(=O)[C@H]4CCN(c5ccc6c(c5)C(=O)N(C5CCC(=O)NC5=O)C6=O)C4)CC3)CC2)ccc1Nc1ncc(Cl)c(Nc2cccc3c2N(S(C)(=O)=O)CC3)n1. The van der Waals surface area contributed by atoms with Gasteiger partial charge in [-0.15, -0.1) is 0 Å². The fraction of sp³-hybridized carbons (Fsp3) is 0.426. The van der Waals surface area contributed by atoms with Crippen LogP contribution in [0.2, 0.25) is 5.02 Å². The average Bonchev–Trinajstić information content (AvgIpc) is 4.08. The maximum atomic E-state index is 13.8. The van der Waals surface area contributed by atoms with Crippen molar-refractivity contribution in [1.29, 1.82) is 0 Å². The number of nitrogens with zero attached hydrogens (tertiary/aromatic N) is 8. The van der Waals surface area contributed by atoms with Crippen molar-refractivity contribution in [3.8, 4) is 5.75 Å². The van der Waals surface area contributed by atoms with Gasteiger partial charge in [0.1, 0.15) is 16.8 Å². The number of hydrogen-bond acceptors (Lipinski definition) is 15. The van der Waals surface area contributed by atoms with E-state index in [4.69, 9.17) is 16.3 Å². The van der Waals surface area contributed by atoms with E-state index >= 15 is 0 Å². The lowest BCUT2D eigenvalue weighted by atomic mass is 10.0. The van der Waals surface area contributed by atoms with Crippen molar-refractivity contribution >= 4 is 91.4 Å². The summed E-state index contributed by atoms with van der Waals surface area (Å²) < 4.78 is 32.3. The third-order valence-electron chi connectivity index (χ3n) is 14.1. The maximum absolute atomic E-state index is 13.8. The van der Waals surface area contributed by atoms with E-state index in [1.54, 1.807) is 31.4 Å². The number of benzene rings is 3. The molecule has 0 radical (unpaired) electrons. The smallest absolute Gasteiger partial charge is 0.262 e. The normalized spacial score (nSPS) is 21.3. The number of hydrogen-bond donors (Lipinski definition) is 3. The molecule has 0 spiro atoms. The molecule has 1 unspecified atom stereocenters. The highest BCUT2D eigenvalue weighted by Gasteiger charge is 2.45. The zero-order valence-corrected chi connectivity index (χ0v) is 39.3. The third-order valence-corrected chi connectivity index (χ3v) is 15.5. The first-order valence-electron chi connectivity index (χ1n) is 23.0. The van der Waals surface area contributed by atoms with Gasteiger partial charge in [0.25, 0.3) is 11.8 Å². The molecule has 4 fully saturated rings. The van der Waals surface area contributed by atoms with Crippen molar-refractivity contribution in [1.82, 2.24) is 30.0 Å². The van der Waals surface area contributed by atoms with Gasteiger partial charge in [-0.05, 0) is 74.1 Å². The standard InChI is InChI=1S/C47H52ClN11O8S/c1-67-39-25-32(7-9-36(39)51-47-49-26-35(48)42(53-47)50-37-5-3-4-28-13-19-58(41(28)37)68(2,65)66)54-17-14-30(15-18-54)55-20-22-56(23-21-55)44(62)29-12-16-57(27-29)31-6-8-33-34(24-31)46(64)59(45(33)63)38-10-11-40(60)52-43(38)61/h3-9,24-26,29-30,38H,10-23,27H2,1-2H3,(H,52,60,61)(H2,49,50,51,53)/t29-,38?/m0/s1. The van der Waals surface area contributed by atoms with E-state index < -0.39 is 39.7 Å². The van der Waals surface area contributed by atoms with Crippen molar-refractivity contribution in [2.45, 2.75) is 50.6 Å². The number of imide groups is 2. The largest absolute Gasteiger partial charge is 0.494 e. The number of carbonyl (C=O) groups is 5. The van der Waals surface area contributed by atoms with E-state index in [9.17, 15) is 32.4 Å². The van der Waals surface area contributed by atoms with Crippen molar-refractivity contribution in [3.05, 3.63) is 82.5 Å². The summed E-state index contributed by atoms with van der Waals surface area (Å²) in [6.07, 6.45) is 6.10. The van der Waals surface area contributed by atoms with Crippen LogP contribution in [0.5, 0.6) is 5.75 Å². The molecule has 4 aromatic rings. The number of carbonyl (C=O) groups excluding carboxylic acids is 5. The van der Waals surface area contributed by atoms with Gasteiger partial charge in [0.15, 0.2) is 5.82 Å². The number of para-hydroxylation sites is 1. The minimum atomic E-state index is -3.48. The average molecular weight is 967 g/mol. The van der Waals surface area contributed by atoms with E-state index in [2.05, 4.69) is 40.6 Å². The highest BCUT2D eigenvalue weighted by molar-refractivity contribution is 7.92. The molecule has 4 saturated heterocycles. The van der Waals surface area contributed by atoms with Gasteiger partial charge in [0.05, 0.1) is 53.7 Å². The van der Waals surface area contributed by atoms with Crippen LogP contribution in [-0.2, 0) is 30.8 Å². The fourth-order valence-corrected chi connectivity index (χ4v) is 11.6. The Morgan fingerprint density at radius 2 is 1.54 bits per heavy atom. The molecule has 6 aliphatic rings. The Kier molecular flexibility index (Phi) is 12.1. The van der Waals surface area contributed by atoms with E-state index in [-0.39, 0.29) is 46.8 Å². The fourth-order valence-electron chi connectivity index (χ4n) is 10.5. The van der Waals surface area contributed by atoms with E-state index in [0.717, 1.165) is 60.9 Å². The first-order valence-corrected chi connectivity index (χ1v) is 25.2. The lowest BCUT2D eigenvalue weighted by molar-refractivity contribution is -0.137. The molecule has 10 rings (SSSR count). The summed E-state index contributed by atoms with van der Waals surface area (Å²) in [6.45, 7) is 6.19. The number of ether oxygens (including phenoxy) is 1. The number of amides is 5. The quantitative estimate of drug-likeness (QED) is 0.182. The topological polar surface area (TPSA) is 210 Å². The van der Waals surface area contributed by atoms with Crippen LogP contribution in [-0.4, -0.2) is 147 Å². The minimum absolute atomic E-state index is 0.0587. The van der Waals surface area contributed by atoms with Crippen LogP contribution in [0.4, 0.5) is 40.2 Å². The van der Waals surface area contributed by atoms with E-state index in [0.29, 0.717) is 80.2 Å². The second-order valence-corrected chi connectivity index (χ2v) is 20.4. The number of nitrogens with one attached hydrogen (secondary N) is 3. The summed E-state index contributed by atoms with van der Waals surface area (Å²) in [6, 6.07) is 16.1. The molecule has 7 heterocycles. The van der Waals surface area contributed by atoms with Gasteiger partial charge in [-0.1, -0.05) is 23.7 Å². The van der Waals surface area contributed by atoms with Gasteiger partial charge in [0.2, 0.25) is 33.7 Å². The predicted octanol–water partition coefficient (Wildman–Crippen LogP) is 3.99. The Balaban J connectivity index is 0.705. The van der Waals surface area contributed by atoms with Crippen LogP contribution in [0, 0.1) is 5.92 Å². The number of anilines is 7. The van der Waals surface area contributed by atoms with Gasteiger partial charge in [0, 0.05) is 88.8 Å². The number of rotatable bonds is 11. The Morgan fingerprint density at radius 1 is 0.809 bits per heavy atom. The van der Waals surface area contributed by atoms with Crippen LogP contribution < -0.4 is 34.8 Å². The molecule has 6 aliphatic heterocycles. The molecule has 356 valence electrons. The molecule has 3 N–H and O–H groups in total. The number of aromatic nitrogens is 2. The molecular weight excluding hydrogens is 914 g/mol. The molecule has 3 aromatic carbocycles. The van der Waals surface area contributed by atoms with Crippen LogP contribution in [0.25, 0.3) is 0 Å². The van der Waals surface area contributed by atoms with Crippen LogP contribution in [0.15, 0.2) is 60.8 Å². The summed E-state index contributed by atoms with van der Waals surface area (Å²) in [5.41, 5.74) is 5.00. The highest BCUT2D eigenvalue weighted by Crippen LogP contribution is 2.40. The van der Waals surface area contributed by atoms with E-state index in [1.807, 2.05) is 35.2 Å². The summed E-state index contributed by atoms with van der Waals surface area (Å²) in [7, 11) is -1.86. The van der Waals surface area contributed by atoms with Gasteiger partial charge in [-0.2, -0.15) is 4.98 Å². The lowest BCUT2D eigenvalue weighted by Gasteiger charge is -2.43. The maximum Gasteiger partial charge on any atom is 0.262 e. The molecule has 68 heavy (non-hydrogen) atoms. The monoisotopic (exact) mass is 965 g/mol. The number of methoxy groups -OCH3 is 1. The molecule has 0 bridgehead atoms. The van der Waals surface area contributed by atoms with Crippen LogP contribution in [0.3, 0.4) is 0 Å². The number of sulfonamides is 1. The van der Waals surface area contributed by atoms with E-state index in [1.165, 1.54) is 16.8 Å². The molecular formula is C47H52ClN11O8S. The lowest BCUT2D eigenvalue weighted by Crippen LogP contribution is -2.55. The van der Waals surface area contributed by atoms with Gasteiger partial charge in [-0.3, -0.25) is 43.4 Å². The third kappa shape index (κ3) is 8.64. The van der Waals surface area contributed by atoms with Gasteiger partial charge >= 0.3 is 0 Å². The molecule has 5 amide bonds. The predicted molar refractivity (Wildman–Crippen MR) is 256 cm³/mol. The van der Waals surface area contributed by atoms with Crippen LogP contribution in [0.1, 0.15) is 58.4 Å². The first kappa shape index (κ1) is 45.3. The summed E-state index contributed by atoms with van der Waals surface area (Å²) in [4.78, 5) is 83.5. The molecule has 0 saturated carbocycles. The Bertz CT molecular complexity index is 2830. The molecule has 1 aromatic heterocycles. The zero-order chi connectivity index (χ0) is 47.4. The summed E-state index contributed by atoms with van der Waals surface area (Å²) in [5, 5.41) is 8.99. The number of halogens is 1. The number of fused-ring (bicyclic) bond motifs is 2. The Hall–Kier alpha value is -6.51. The molecule has 21 heteroatoms. The van der Waals surface area contributed by atoms with Crippen molar-refractivity contribution in [3.63, 3.8) is 0 Å². The molecule has 2 atom stereocenters. The van der Waals surface area contributed by atoms with Crippen molar-refractivity contribution in [2.75, 3.05) is 97.0 Å². The van der Waals surface area contributed by atoms with Gasteiger partial charge in [-0.25, -0.2) is 13.4 Å². The number of piperidine rings is 2. The summed E-state index contributed by atoms with van der Waals surface area (Å²) in [5.74, 6) is -0.969. The molecule has 19 nitrogen and oxygen atoms in total. The Morgan fingerprint density at radius 3 is 2.29 bits per heavy atom. The highest BCUT2D eigenvalue weighted by atomic mass is 35.5. The first-order chi connectivity index (χ1) is 32.7. The summed E-state index contributed by atoms with van der Waals surface area (Å²) >= 11 is 6.53. The second kappa shape index (κ2) is 18.2. The second-order valence-electron chi connectivity index (χ2n) is 18.1. The molecule has 0 aliphatic carbocycles. The van der Waals surface area contributed by atoms with Crippen molar-refractivity contribution < 1.29 is 37.1 Å². The van der Waals surface area contributed by atoms with Gasteiger partial charge < -0.3 is 30.1 Å². The van der Waals surface area contributed by atoms with Crippen molar-refractivity contribution in [2.24, 2.45) is 5.92 Å². The van der Waals surface area contributed by atoms with Crippen LogP contribution >= 0.6 is 11.6 Å². The minimum Gasteiger partial charge on any atom is -0.494 e. The zero-order valence-electron chi connectivity index (χ0n) is 37.7. The number of piperazine rings is 1.